The molecule has 0 fully saturated rings. The molecule has 0 aliphatic carbocycles. The number of ether oxygens (including phenoxy) is 2. The SMILES string of the molecule is COC(=O)Nc1ccccc1COc1cccc(C)c1. The maximum Gasteiger partial charge on any atom is 0.411 e. The molecule has 0 saturated heterocycles. The third-order valence-corrected chi connectivity index (χ3v) is 2.82. The van der Waals surface area contributed by atoms with Gasteiger partial charge in [0.1, 0.15) is 12.4 Å². The molecule has 104 valence electrons. The minimum Gasteiger partial charge on any atom is -0.489 e. The van der Waals surface area contributed by atoms with Crippen molar-refractivity contribution in [1.82, 2.24) is 0 Å². The second kappa shape index (κ2) is 6.61. The minimum atomic E-state index is -0.493. The number of aryl methyl sites for hydroxylation is 1. The van der Waals surface area contributed by atoms with E-state index in [1.165, 1.54) is 7.11 Å². The van der Waals surface area contributed by atoms with Crippen molar-refractivity contribution >= 4 is 11.8 Å². The Morgan fingerprint density at radius 3 is 2.70 bits per heavy atom. The summed E-state index contributed by atoms with van der Waals surface area (Å²) >= 11 is 0. The molecule has 0 saturated carbocycles. The van der Waals surface area contributed by atoms with Gasteiger partial charge in [-0.05, 0) is 30.7 Å². The van der Waals surface area contributed by atoms with Crippen LogP contribution in [0.2, 0.25) is 0 Å². The molecule has 2 aromatic rings. The molecular weight excluding hydrogens is 254 g/mol. The smallest absolute Gasteiger partial charge is 0.411 e. The number of hydrogen-bond acceptors (Lipinski definition) is 3. The topological polar surface area (TPSA) is 47.6 Å². The molecule has 0 unspecified atom stereocenters. The van der Waals surface area contributed by atoms with Crippen LogP contribution in [0.25, 0.3) is 0 Å². The third-order valence-electron chi connectivity index (χ3n) is 2.82. The number of amides is 1. The summed E-state index contributed by atoms with van der Waals surface area (Å²) in [7, 11) is 1.33. The van der Waals surface area contributed by atoms with Gasteiger partial charge < -0.3 is 9.47 Å². The Kier molecular flexibility index (Phi) is 4.60. The van der Waals surface area contributed by atoms with Gasteiger partial charge >= 0.3 is 6.09 Å². The standard InChI is InChI=1S/C16H17NO3/c1-12-6-5-8-14(10-12)20-11-13-7-3-4-9-15(13)17-16(18)19-2/h3-10H,11H2,1-2H3,(H,17,18). The summed E-state index contributed by atoms with van der Waals surface area (Å²) in [6.45, 7) is 2.39. The number of benzene rings is 2. The lowest BCUT2D eigenvalue weighted by Gasteiger charge is -2.11. The predicted molar refractivity (Wildman–Crippen MR) is 78.0 cm³/mol. The Balaban J connectivity index is 2.07. The summed E-state index contributed by atoms with van der Waals surface area (Å²) in [5.74, 6) is 0.804. The maximum absolute atomic E-state index is 11.3. The van der Waals surface area contributed by atoms with E-state index in [1.807, 2.05) is 55.5 Å². The molecule has 0 spiro atoms. The van der Waals surface area contributed by atoms with Gasteiger partial charge in [0.2, 0.25) is 0 Å². The Morgan fingerprint density at radius 1 is 1.15 bits per heavy atom. The van der Waals surface area contributed by atoms with Crippen molar-refractivity contribution in [3.63, 3.8) is 0 Å². The van der Waals surface area contributed by atoms with Gasteiger partial charge in [0.15, 0.2) is 0 Å². The number of rotatable bonds is 4. The predicted octanol–water partition coefficient (Wildman–Crippen LogP) is 3.75. The zero-order chi connectivity index (χ0) is 14.4. The van der Waals surface area contributed by atoms with Crippen molar-refractivity contribution in [2.75, 3.05) is 12.4 Å². The van der Waals surface area contributed by atoms with E-state index in [9.17, 15) is 4.79 Å². The summed E-state index contributed by atoms with van der Waals surface area (Å²) in [5.41, 5.74) is 2.72. The van der Waals surface area contributed by atoms with Gasteiger partial charge in [-0.15, -0.1) is 0 Å². The monoisotopic (exact) mass is 271 g/mol. The molecule has 0 bridgehead atoms. The molecule has 0 aromatic heterocycles. The molecule has 0 aliphatic heterocycles. The van der Waals surface area contributed by atoms with E-state index in [-0.39, 0.29) is 0 Å². The zero-order valence-electron chi connectivity index (χ0n) is 11.6. The maximum atomic E-state index is 11.3. The summed E-state index contributed by atoms with van der Waals surface area (Å²) in [6, 6.07) is 15.3. The quantitative estimate of drug-likeness (QED) is 0.921. The first-order chi connectivity index (χ1) is 9.69. The number of nitrogens with one attached hydrogen (secondary N) is 1. The highest BCUT2D eigenvalue weighted by atomic mass is 16.5. The molecule has 2 aromatic carbocycles. The fraction of sp³-hybridized carbons (Fsp3) is 0.188. The molecule has 1 N–H and O–H groups in total. The van der Waals surface area contributed by atoms with Gasteiger partial charge in [-0.25, -0.2) is 4.79 Å². The lowest BCUT2D eigenvalue weighted by molar-refractivity contribution is 0.187. The Morgan fingerprint density at radius 2 is 1.95 bits per heavy atom. The second-order valence-corrected chi connectivity index (χ2v) is 4.38. The molecule has 2 rings (SSSR count). The van der Waals surface area contributed by atoms with Crippen LogP contribution in [-0.4, -0.2) is 13.2 Å². The van der Waals surface area contributed by atoms with Gasteiger partial charge in [-0.2, -0.15) is 0 Å². The molecule has 0 radical (unpaired) electrons. The molecule has 0 aliphatic rings. The first kappa shape index (κ1) is 13.9. The Bertz CT molecular complexity index is 596. The van der Waals surface area contributed by atoms with E-state index < -0.39 is 6.09 Å². The fourth-order valence-electron chi connectivity index (χ4n) is 1.80. The number of para-hydroxylation sites is 1. The van der Waals surface area contributed by atoms with Crippen molar-refractivity contribution < 1.29 is 14.3 Å². The van der Waals surface area contributed by atoms with Crippen LogP contribution in [0.4, 0.5) is 10.5 Å². The van der Waals surface area contributed by atoms with Crippen LogP contribution < -0.4 is 10.1 Å². The second-order valence-electron chi connectivity index (χ2n) is 4.38. The van der Waals surface area contributed by atoms with Crippen LogP contribution in [0.5, 0.6) is 5.75 Å². The fourth-order valence-corrected chi connectivity index (χ4v) is 1.80. The van der Waals surface area contributed by atoms with Crippen LogP contribution in [-0.2, 0) is 11.3 Å². The Hall–Kier alpha value is -2.49. The largest absolute Gasteiger partial charge is 0.489 e. The van der Waals surface area contributed by atoms with Gasteiger partial charge in [0.25, 0.3) is 0 Å². The number of hydrogen-bond donors (Lipinski definition) is 1. The first-order valence-corrected chi connectivity index (χ1v) is 6.31. The molecule has 20 heavy (non-hydrogen) atoms. The first-order valence-electron chi connectivity index (χ1n) is 6.31. The highest BCUT2D eigenvalue weighted by Crippen LogP contribution is 2.19. The third kappa shape index (κ3) is 3.75. The van der Waals surface area contributed by atoms with Crippen LogP contribution in [0, 0.1) is 6.92 Å². The average Bonchev–Trinajstić information content (AvgIpc) is 2.46. The van der Waals surface area contributed by atoms with Crippen LogP contribution in [0.3, 0.4) is 0 Å². The van der Waals surface area contributed by atoms with Crippen LogP contribution >= 0.6 is 0 Å². The molecule has 0 atom stereocenters. The van der Waals surface area contributed by atoms with Crippen LogP contribution in [0.1, 0.15) is 11.1 Å². The number of carbonyl (C=O) groups excluding carboxylic acids is 1. The van der Waals surface area contributed by atoms with E-state index in [0.29, 0.717) is 12.3 Å². The molecular formula is C16H17NO3. The van der Waals surface area contributed by atoms with Crippen LogP contribution in [0.15, 0.2) is 48.5 Å². The normalized spacial score (nSPS) is 9.90. The van der Waals surface area contributed by atoms with E-state index in [0.717, 1.165) is 16.9 Å². The number of anilines is 1. The highest BCUT2D eigenvalue weighted by Gasteiger charge is 2.06. The van der Waals surface area contributed by atoms with Crippen molar-refractivity contribution in [1.29, 1.82) is 0 Å². The molecule has 4 nitrogen and oxygen atoms in total. The van der Waals surface area contributed by atoms with E-state index in [4.69, 9.17) is 4.74 Å². The highest BCUT2D eigenvalue weighted by molar-refractivity contribution is 5.85. The van der Waals surface area contributed by atoms with Gasteiger partial charge in [0, 0.05) is 5.56 Å². The molecule has 4 heteroatoms. The minimum absolute atomic E-state index is 0.379. The number of carbonyl (C=O) groups is 1. The Labute approximate surface area is 118 Å². The summed E-state index contributed by atoms with van der Waals surface area (Å²) in [5, 5.41) is 2.67. The lowest BCUT2D eigenvalue weighted by atomic mass is 10.2. The summed E-state index contributed by atoms with van der Waals surface area (Å²) < 4.78 is 10.3. The summed E-state index contributed by atoms with van der Waals surface area (Å²) in [4.78, 5) is 11.3. The van der Waals surface area contributed by atoms with E-state index >= 15 is 0 Å². The van der Waals surface area contributed by atoms with E-state index in [2.05, 4.69) is 10.1 Å². The number of methoxy groups -OCH3 is 1. The molecule has 1 amide bonds. The van der Waals surface area contributed by atoms with E-state index in [1.54, 1.807) is 0 Å². The van der Waals surface area contributed by atoms with Crippen molar-refractivity contribution in [2.24, 2.45) is 0 Å². The van der Waals surface area contributed by atoms with Gasteiger partial charge in [-0.1, -0.05) is 30.3 Å². The molecule has 0 heterocycles. The van der Waals surface area contributed by atoms with Crippen molar-refractivity contribution in [3.05, 3.63) is 59.7 Å². The average molecular weight is 271 g/mol. The van der Waals surface area contributed by atoms with Crippen molar-refractivity contribution in [3.8, 4) is 5.75 Å². The zero-order valence-corrected chi connectivity index (χ0v) is 11.6. The van der Waals surface area contributed by atoms with Crippen molar-refractivity contribution in [2.45, 2.75) is 13.5 Å². The van der Waals surface area contributed by atoms with Gasteiger partial charge in [0.05, 0.1) is 12.8 Å². The lowest BCUT2D eigenvalue weighted by Crippen LogP contribution is -2.13. The van der Waals surface area contributed by atoms with Gasteiger partial charge in [-0.3, -0.25) is 5.32 Å². The summed E-state index contributed by atoms with van der Waals surface area (Å²) in [6.07, 6.45) is -0.493.